The first-order valence-corrected chi connectivity index (χ1v) is 7.22. The van der Waals surface area contributed by atoms with Gasteiger partial charge in [-0.2, -0.15) is 0 Å². The van der Waals surface area contributed by atoms with E-state index in [1.807, 2.05) is 0 Å². The summed E-state index contributed by atoms with van der Waals surface area (Å²) in [6.07, 6.45) is 4.23. The molecule has 0 radical (unpaired) electrons. The maximum absolute atomic E-state index is 3.97. The van der Waals surface area contributed by atoms with Crippen LogP contribution in [0.4, 0.5) is 5.69 Å². The molecule has 104 valence electrons. The second kappa shape index (κ2) is 5.79. The lowest BCUT2D eigenvalue weighted by molar-refractivity contribution is 0.0928. The number of hydrogen-bond acceptors (Lipinski definition) is 2. The van der Waals surface area contributed by atoms with Gasteiger partial charge in [0.15, 0.2) is 0 Å². The highest BCUT2D eigenvalue weighted by molar-refractivity contribution is 5.46. The lowest BCUT2D eigenvalue weighted by atomic mass is 9.73. The van der Waals surface area contributed by atoms with Crippen molar-refractivity contribution in [2.45, 2.75) is 38.3 Å². The smallest absolute Gasteiger partial charge is 0.0460 e. The lowest BCUT2D eigenvalue weighted by Crippen LogP contribution is -2.57. The molecule has 2 rings (SSSR count). The number of hydrogen-bond donors (Lipinski definition) is 1. The maximum atomic E-state index is 3.97. The van der Waals surface area contributed by atoms with Crippen LogP contribution in [0.25, 0.3) is 0 Å². The molecule has 0 aromatic heterocycles. The van der Waals surface area contributed by atoms with Crippen LogP contribution in [0.5, 0.6) is 0 Å². The van der Waals surface area contributed by atoms with E-state index in [1.165, 1.54) is 5.69 Å². The molecule has 1 heterocycles. The lowest BCUT2D eigenvalue weighted by Gasteiger charge is -2.49. The van der Waals surface area contributed by atoms with Gasteiger partial charge in [0.2, 0.25) is 0 Å². The monoisotopic (exact) mass is 258 g/mol. The Morgan fingerprint density at radius 3 is 2.68 bits per heavy atom. The zero-order valence-corrected chi connectivity index (χ0v) is 12.4. The van der Waals surface area contributed by atoms with Crippen molar-refractivity contribution in [1.29, 1.82) is 0 Å². The minimum absolute atomic E-state index is 0.134. The standard InChI is InChI=1S/C17H26N2/c1-5-11-17(18-16-9-7-6-8-10-16)12-15(3)19(4)13-14(17)2/h5-10,14-15,18H,1,11-13H2,2-4H3/t14-,15+,17+/m0/s1. The molecular formula is C17H26N2. The molecule has 1 aromatic rings. The van der Waals surface area contributed by atoms with Gasteiger partial charge in [0.05, 0.1) is 0 Å². The van der Waals surface area contributed by atoms with Crippen LogP contribution in [-0.2, 0) is 0 Å². The Hall–Kier alpha value is -1.28. The summed E-state index contributed by atoms with van der Waals surface area (Å²) < 4.78 is 0. The van der Waals surface area contributed by atoms with Crippen LogP contribution in [0, 0.1) is 5.92 Å². The second-order valence-electron chi connectivity index (χ2n) is 6.03. The minimum Gasteiger partial charge on any atom is -0.379 e. The maximum Gasteiger partial charge on any atom is 0.0460 e. The summed E-state index contributed by atoms with van der Waals surface area (Å²) in [6.45, 7) is 9.77. The van der Waals surface area contributed by atoms with Gasteiger partial charge in [0.25, 0.3) is 0 Å². The fourth-order valence-corrected chi connectivity index (χ4v) is 3.25. The molecule has 1 aliphatic heterocycles. The number of para-hydroxylation sites is 1. The fraction of sp³-hybridized carbons (Fsp3) is 0.529. The summed E-state index contributed by atoms with van der Waals surface area (Å²) in [5.41, 5.74) is 1.35. The zero-order chi connectivity index (χ0) is 13.9. The Labute approximate surface area is 117 Å². The first-order chi connectivity index (χ1) is 9.07. The molecule has 1 saturated heterocycles. The number of nitrogens with zero attached hydrogens (tertiary/aromatic N) is 1. The van der Waals surface area contributed by atoms with E-state index >= 15 is 0 Å². The highest BCUT2D eigenvalue weighted by Crippen LogP contribution is 2.37. The first-order valence-electron chi connectivity index (χ1n) is 7.22. The van der Waals surface area contributed by atoms with E-state index < -0.39 is 0 Å². The van der Waals surface area contributed by atoms with Crippen LogP contribution in [0.2, 0.25) is 0 Å². The van der Waals surface area contributed by atoms with Gasteiger partial charge in [0, 0.05) is 23.8 Å². The highest BCUT2D eigenvalue weighted by atomic mass is 15.2. The molecule has 0 unspecified atom stereocenters. The van der Waals surface area contributed by atoms with Crippen molar-refractivity contribution < 1.29 is 0 Å². The summed E-state index contributed by atoms with van der Waals surface area (Å²) in [4.78, 5) is 2.46. The molecule has 0 aliphatic carbocycles. The Morgan fingerprint density at radius 1 is 1.37 bits per heavy atom. The van der Waals surface area contributed by atoms with Crippen molar-refractivity contribution in [2.75, 3.05) is 18.9 Å². The summed E-state index contributed by atoms with van der Waals surface area (Å²) in [6, 6.07) is 11.2. The summed E-state index contributed by atoms with van der Waals surface area (Å²) in [5, 5.41) is 3.80. The molecule has 1 fully saturated rings. The van der Waals surface area contributed by atoms with Crippen LogP contribution < -0.4 is 5.32 Å². The van der Waals surface area contributed by atoms with Gasteiger partial charge < -0.3 is 10.2 Å². The average Bonchev–Trinajstić information content (AvgIpc) is 2.38. The Morgan fingerprint density at radius 2 is 2.05 bits per heavy atom. The molecule has 0 bridgehead atoms. The van der Waals surface area contributed by atoms with Crippen LogP contribution in [0.1, 0.15) is 26.7 Å². The van der Waals surface area contributed by atoms with Gasteiger partial charge in [-0.3, -0.25) is 0 Å². The molecule has 2 heteroatoms. The molecule has 2 nitrogen and oxygen atoms in total. The van der Waals surface area contributed by atoms with Crippen LogP contribution in [0.15, 0.2) is 43.0 Å². The highest BCUT2D eigenvalue weighted by Gasteiger charge is 2.41. The SMILES string of the molecule is C=CC[C@@]1(Nc2ccccc2)C[C@@H](C)N(C)C[C@@H]1C. The average molecular weight is 258 g/mol. The topological polar surface area (TPSA) is 15.3 Å². The molecule has 0 saturated carbocycles. The molecule has 1 N–H and O–H groups in total. The Balaban J connectivity index is 2.24. The normalized spacial score (nSPS) is 31.9. The third-order valence-electron chi connectivity index (χ3n) is 4.59. The summed E-state index contributed by atoms with van der Waals surface area (Å²) in [7, 11) is 2.22. The predicted octanol–water partition coefficient (Wildman–Crippen LogP) is 3.77. The van der Waals surface area contributed by atoms with E-state index in [-0.39, 0.29) is 5.54 Å². The van der Waals surface area contributed by atoms with E-state index in [2.05, 4.69) is 74.1 Å². The van der Waals surface area contributed by atoms with Gasteiger partial charge >= 0.3 is 0 Å². The Kier molecular flexibility index (Phi) is 4.31. The van der Waals surface area contributed by atoms with Gasteiger partial charge in [-0.05, 0) is 44.9 Å². The first kappa shape index (κ1) is 14.1. The van der Waals surface area contributed by atoms with Gasteiger partial charge in [-0.15, -0.1) is 6.58 Å². The minimum atomic E-state index is 0.134. The van der Waals surface area contributed by atoms with E-state index in [1.54, 1.807) is 0 Å². The van der Waals surface area contributed by atoms with Crippen molar-refractivity contribution in [3.05, 3.63) is 43.0 Å². The zero-order valence-electron chi connectivity index (χ0n) is 12.4. The van der Waals surface area contributed by atoms with Crippen molar-refractivity contribution >= 4 is 5.69 Å². The van der Waals surface area contributed by atoms with E-state index in [9.17, 15) is 0 Å². The second-order valence-corrected chi connectivity index (χ2v) is 6.03. The van der Waals surface area contributed by atoms with Crippen molar-refractivity contribution in [3.8, 4) is 0 Å². The number of nitrogens with one attached hydrogen (secondary N) is 1. The van der Waals surface area contributed by atoms with E-state index in [0.29, 0.717) is 12.0 Å². The van der Waals surface area contributed by atoms with E-state index in [0.717, 1.165) is 19.4 Å². The van der Waals surface area contributed by atoms with Gasteiger partial charge in [-0.1, -0.05) is 31.2 Å². The van der Waals surface area contributed by atoms with Gasteiger partial charge in [0.1, 0.15) is 0 Å². The molecule has 0 spiro atoms. The summed E-state index contributed by atoms with van der Waals surface area (Å²) in [5.74, 6) is 0.604. The molecule has 1 aliphatic rings. The number of anilines is 1. The molecule has 1 aromatic carbocycles. The van der Waals surface area contributed by atoms with Gasteiger partial charge in [-0.25, -0.2) is 0 Å². The quantitative estimate of drug-likeness (QED) is 0.827. The number of rotatable bonds is 4. The third-order valence-corrected chi connectivity index (χ3v) is 4.59. The van der Waals surface area contributed by atoms with E-state index in [4.69, 9.17) is 0 Å². The van der Waals surface area contributed by atoms with Crippen molar-refractivity contribution in [1.82, 2.24) is 4.90 Å². The third kappa shape index (κ3) is 3.01. The number of benzene rings is 1. The van der Waals surface area contributed by atoms with Crippen LogP contribution in [0.3, 0.4) is 0 Å². The number of likely N-dealkylation sites (tertiary alicyclic amines) is 1. The fourth-order valence-electron chi connectivity index (χ4n) is 3.25. The molecular weight excluding hydrogens is 232 g/mol. The molecule has 19 heavy (non-hydrogen) atoms. The van der Waals surface area contributed by atoms with Crippen LogP contribution in [-0.4, -0.2) is 30.1 Å². The van der Waals surface area contributed by atoms with Crippen LogP contribution >= 0.6 is 0 Å². The largest absolute Gasteiger partial charge is 0.379 e. The molecule has 3 atom stereocenters. The molecule has 0 amide bonds. The van der Waals surface area contributed by atoms with Crippen molar-refractivity contribution in [3.63, 3.8) is 0 Å². The number of piperidine rings is 1. The predicted molar refractivity (Wildman–Crippen MR) is 83.5 cm³/mol. The summed E-state index contributed by atoms with van der Waals surface area (Å²) >= 11 is 0. The Bertz CT molecular complexity index is 415. The van der Waals surface area contributed by atoms with Crippen molar-refractivity contribution in [2.24, 2.45) is 5.92 Å².